The molecule has 0 amide bonds. The summed E-state index contributed by atoms with van der Waals surface area (Å²) in [6, 6.07) is 26.1. The number of aliphatic hydroxyl groups excluding tert-OH is 2. The number of ketones is 2. The summed E-state index contributed by atoms with van der Waals surface area (Å²) in [6.07, 6.45) is -11.4. The van der Waals surface area contributed by atoms with Crippen molar-refractivity contribution in [3.05, 3.63) is 156 Å². The molecular formula is C54H52O20. The minimum atomic E-state index is -1.86. The van der Waals surface area contributed by atoms with E-state index >= 15 is 0 Å². The van der Waals surface area contributed by atoms with Crippen LogP contribution >= 0.6 is 0 Å². The van der Waals surface area contributed by atoms with Gasteiger partial charge in [0.2, 0.25) is 12.6 Å². The fourth-order valence-electron chi connectivity index (χ4n) is 7.73. The Morgan fingerprint density at radius 1 is 0.514 bits per heavy atom. The van der Waals surface area contributed by atoms with Crippen LogP contribution in [0.4, 0.5) is 0 Å². The molecule has 0 radical (unpaired) electrons. The summed E-state index contributed by atoms with van der Waals surface area (Å²) in [6.45, 7) is 1.35. The van der Waals surface area contributed by atoms with E-state index in [2.05, 4.69) is 0 Å². The van der Waals surface area contributed by atoms with E-state index in [-0.39, 0.29) is 71.0 Å². The fourth-order valence-corrected chi connectivity index (χ4v) is 7.73. The van der Waals surface area contributed by atoms with Crippen LogP contribution in [-0.2, 0) is 57.1 Å². The number of carbonyl (C=O) groups is 8. The predicted octanol–water partition coefficient (Wildman–Crippen LogP) is 4.77. The van der Waals surface area contributed by atoms with Crippen LogP contribution in [0.5, 0.6) is 11.5 Å². The molecule has 4 aromatic rings. The lowest BCUT2D eigenvalue weighted by molar-refractivity contribution is -0.280. The predicted molar refractivity (Wildman–Crippen MR) is 253 cm³/mol. The highest BCUT2D eigenvalue weighted by molar-refractivity contribution is 5.91. The lowest BCUT2D eigenvalue weighted by Gasteiger charge is -2.43. The molecule has 10 atom stereocenters. The van der Waals surface area contributed by atoms with E-state index in [0.29, 0.717) is 0 Å². The first-order chi connectivity index (χ1) is 35.6. The molecule has 2 N–H and O–H groups in total. The lowest BCUT2D eigenvalue weighted by Crippen LogP contribution is -2.62. The van der Waals surface area contributed by atoms with Crippen molar-refractivity contribution in [2.75, 3.05) is 13.2 Å². The molecule has 74 heavy (non-hydrogen) atoms. The Kier molecular flexibility index (Phi) is 18.6. The van der Waals surface area contributed by atoms with Gasteiger partial charge in [-0.25, -0.2) is 19.2 Å². The third-order valence-electron chi connectivity index (χ3n) is 11.5. The van der Waals surface area contributed by atoms with Crippen LogP contribution in [0, 0.1) is 0 Å². The maximum absolute atomic E-state index is 13.7. The first-order valence-electron chi connectivity index (χ1n) is 23.4. The Morgan fingerprint density at radius 2 is 0.878 bits per heavy atom. The van der Waals surface area contributed by atoms with Crippen molar-refractivity contribution in [3.8, 4) is 11.5 Å². The van der Waals surface area contributed by atoms with Crippen molar-refractivity contribution in [3.63, 3.8) is 0 Å². The SMILES string of the molecule is CC(=O)C=CCCC(=O)O[C@@H]1[C@@H](O)[C@H](OC(=O)c2ccccc2)[C@H]2Oc3ccc(cc3)C(=O)OC[C@H]3O[C@@H](Oc4ccc(cc4)C(=O)OC[C@@H]1O2)[C@H](OC(=O)c1ccccc1)[C@@H](O)[C@@H]3OC(=O)CCC=CC(C)=O. The highest BCUT2D eigenvalue weighted by atomic mass is 16.7. The van der Waals surface area contributed by atoms with E-state index in [9.17, 15) is 48.6 Å². The minimum absolute atomic E-state index is 0.00475. The first-order valence-corrected chi connectivity index (χ1v) is 23.4. The van der Waals surface area contributed by atoms with E-state index in [1.165, 1.54) is 111 Å². The highest BCUT2D eigenvalue weighted by Crippen LogP contribution is 2.33. The molecule has 0 aromatic heterocycles. The second-order valence-electron chi connectivity index (χ2n) is 17.0. The van der Waals surface area contributed by atoms with Gasteiger partial charge in [-0.05, 0) is 112 Å². The lowest BCUT2D eigenvalue weighted by atomic mass is 9.98. The second-order valence-corrected chi connectivity index (χ2v) is 17.0. The number of ether oxygens (including phenoxy) is 10. The van der Waals surface area contributed by atoms with Crippen LogP contribution < -0.4 is 9.47 Å². The summed E-state index contributed by atoms with van der Waals surface area (Å²) in [5.41, 5.74) is 0.0982. The molecule has 0 spiro atoms. The molecule has 388 valence electrons. The third-order valence-corrected chi connectivity index (χ3v) is 11.5. The van der Waals surface area contributed by atoms with Crippen LogP contribution in [0.2, 0.25) is 0 Å². The van der Waals surface area contributed by atoms with Crippen molar-refractivity contribution in [2.45, 2.75) is 101 Å². The van der Waals surface area contributed by atoms with Crippen molar-refractivity contribution < 1.29 is 95.9 Å². The Bertz CT molecular complexity index is 2500. The van der Waals surface area contributed by atoms with Crippen LogP contribution in [0.3, 0.4) is 0 Å². The number of benzene rings is 4. The van der Waals surface area contributed by atoms with Gasteiger partial charge in [0.05, 0.1) is 22.3 Å². The molecule has 8 bridgehead atoms. The Labute approximate surface area is 423 Å². The van der Waals surface area contributed by atoms with Crippen molar-refractivity contribution >= 4 is 47.4 Å². The molecule has 10 rings (SSSR count). The molecule has 2 fully saturated rings. The van der Waals surface area contributed by atoms with Gasteiger partial charge < -0.3 is 57.6 Å². The molecule has 0 aliphatic carbocycles. The summed E-state index contributed by atoms with van der Waals surface area (Å²) in [5.74, 6) is -5.82. The van der Waals surface area contributed by atoms with Crippen LogP contribution in [0.15, 0.2) is 133 Å². The Hall–Kier alpha value is -8.04. The molecular weight excluding hydrogens is 969 g/mol. The van der Waals surface area contributed by atoms with Crippen LogP contribution in [0.1, 0.15) is 81.0 Å². The van der Waals surface area contributed by atoms with E-state index in [0.717, 1.165) is 0 Å². The van der Waals surface area contributed by atoms with E-state index in [1.807, 2.05) is 0 Å². The Balaban J connectivity index is 1.20. The van der Waals surface area contributed by atoms with E-state index in [1.54, 1.807) is 36.4 Å². The minimum Gasteiger partial charge on any atom is -0.461 e. The number of rotatable bonds is 14. The van der Waals surface area contributed by atoms with Gasteiger partial charge in [-0.15, -0.1) is 0 Å². The van der Waals surface area contributed by atoms with Gasteiger partial charge in [-0.3, -0.25) is 19.2 Å². The molecule has 20 nitrogen and oxygen atoms in total. The van der Waals surface area contributed by atoms with Crippen molar-refractivity contribution in [1.29, 1.82) is 0 Å². The average molecular weight is 1020 g/mol. The zero-order chi connectivity index (χ0) is 52.7. The molecule has 6 aliphatic heterocycles. The monoisotopic (exact) mass is 1020 g/mol. The number of carbonyl (C=O) groups excluding carboxylic acids is 8. The molecule has 20 heteroatoms. The van der Waals surface area contributed by atoms with Gasteiger partial charge in [-0.1, -0.05) is 48.6 Å². The quantitative estimate of drug-likeness (QED) is 0.0978. The van der Waals surface area contributed by atoms with Gasteiger partial charge in [0.25, 0.3) is 0 Å². The van der Waals surface area contributed by atoms with Gasteiger partial charge in [0.1, 0.15) is 49.1 Å². The van der Waals surface area contributed by atoms with Crippen LogP contribution in [-0.4, -0.2) is 132 Å². The highest BCUT2D eigenvalue weighted by Gasteiger charge is 2.53. The first kappa shape index (κ1) is 53.8. The van der Waals surface area contributed by atoms with Gasteiger partial charge >= 0.3 is 35.8 Å². The number of allylic oxidation sites excluding steroid dienone is 4. The zero-order valence-corrected chi connectivity index (χ0v) is 40.0. The molecule has 0 saturated carbocycles. The topological polar surface area (TPSA) is 269 Å². The third kappa shape index (κ3) is 14.6. The molecule has 2 saturated heterocycles. The van der Waals surface area contributed by atoms with Gasteiger partial charge in [0.15, 0.2) is 36.0 Å². The summed E-state index contributed by atoms with van der Waals surface area (Å²) < 4.78 is 59.0. The molecule has 6 heterocycles. The van der Waals surface area contributed by atoms with Gasteiger partial charge in [-0.2, -0.15) is 0 Å². The summed E-state index contributed by atoms with van der Waals surface area (Å²) in [7, 11) is 0. The zero-order valence-electron chi connectivity index (χ0n) is 40.0. The fraction of sp³-hybridized carbons (Fsp3) is 0.333. The number of hydrogen-bond acceptors (Lipinski definition) is 20. The summed E-state index contributed by atoms with van der Waals surface area (Å²) >= 11 is 0. The van der Waals surface area contributed by atoms with E-state index < -0.39 is 110 Å². The van der Waals surface area contributed by atoms with Crippen molar-refractivity contribution in [1.82, 2.24) is 0 Å². The maximum Gasteiger partial charge on any atom is 0.338 e. The summed E-state index contributed by atoms with van der Waals surface area (Å²) in [4.78, 5) is 104. The average Bonchev–Trinajstić information content (AvgIpc) is 3.39. The second kappa shape index (κ2) is 25.6. The number of esters is 6. The smallest absolute Gasteiger partial charge is 0.338 e. The van der Waals surface area contributed by atoms with Crippen molar-refractivity contribution in [2.24, 2.45) is 0 Å². The normalized spacial score (nSPS) is 24.9. The maximum atomic E-state index is 13.7. The van der Waals surface area contributed by atoms with E-state index in [4.69, 9.17) is 47.4 Å². The molecule has 0 unspecified atom stereocenters. The molecule has 6 aliphatic rings. The number of aliphatic hydroxyl groups is 2. The Morgan fingerprint density at radius 3 is 1.23 bits per heavy atom. The van der Waals surface area contributed by atoms with Gasteiger partial charge in [0, 0.05) is 12.8 Å². The summed E-state index contributed by atoms with van der Waals surface area (Å²) in [5, 5.41) is 23.9. The standard InChI is InChI=1S/C54H52O20/c1-31(55)13-9-11-19-41(57)71-45-39-29-65-49(61)35-21-27-38(28-22-35)68-54-48(74-52(64)34-17-7-4-8-18-34)44(60)46(72-42(58)20-12-10-14-32(2)56)40(70-54)30-66-50(62)36-23-25-37(26-24-36)67-53(69-39)47(43(45)59)73-51(63)33-15-5-3-6-16-33/h3-10,13-18,21-28,39-40,43-48,53-54,59-60H,11-12,19-20,29-30H2,1-2H3/t39-,40+,43+,44-,45-,46+,47-,48+,53-,54+. The molecule has 4 aromatic carbocycles. The number of hydrogen-bond donors (Lipinski definition) is 2. The van der Waals surface area contributed by atoms with Crippen LogP contribution in [0.25, 0.3) is 0 Å². The largest absolute Gasteiger partial charge is 0.461 e.